The molecule has 2 heterocycles. The lowest BCUT2D eigenvalue weighted by atomic mass is 10.0. The minimum atomic E-state index is -0.335. The van der Waals surface area contributed by atoms with E-state index in [9.17, 15) is 14.4 Å². The number of hydrogen-bond acceptors (Lipinski definition) is 7. The highest BCUT2D eigenvalue weighted by Gasteiger charge is 2.31. The van der Waals surface area contributed by atoms with Gasteiger partial charge >= 0.3 is 0 Å². The molecule has 1 aliphatic heterocycles. The first-order chi connectivity index (χ1) is 17.2. The average Bonchev–Trinajstić information content (AvgIpc) is 2.88. The highest BCUT2D eigenvalue weighted by atomic mass is 16.5. The molecule has 1 aromatic carbocycles. The van der Waals surface area contributed by atoms with Crippen molar-refractivity contribution in [3.8, 4) is 5.75 Å². The fourth-order valence-corrected chi connectivity index (χ4v) is 4.10. The van der Waals surface area contributed by atoms with Crippen LogP contribution in [0.2, 0.25) is 0 Å². The van der Waals surface area contributed by atoms with E-state index in [1.807, 2.05) is 13.8 Å². The molecule has 3 rings (SSSR count). The Labute approximate surface area is 211 Å². The highest BCUT2D eigenvalue weighted by molar-refractivity contribution is 5.99. The number of nitrogens with zero attached hydrogens (tertiary/aromatic N) is 3. The van der Waals surface area contributed by atoms with Crippen LogP contribution >= 0.6 is 0 Å². The van der Waals surface area contributed by atoms with Crippen LogP contribution in [0.3, 0.4) is 0 Å². The average molecular weight is 499 g/mol. The van der Waals surface area contributed by atoms with Crippen molar-refractivity contribution in [1.82, 2.24) is 14.8 Å². The summed E-state index contributed by atoms with van der Waals surface area (Å²) in [6.45, 7) is 4.64. The van der Waals surface area contributed by atoms with Crippen LogP contribution in [0.1, 0.15) is 34.7 Å². The SMILES string of the molecule is COCC(=O)Nc1ccc2c(c1)C(=O)N(C)C[C@@H](OC)[C@H](C)CN(C(=O)c1ccccn1)[C@H](C)CO2. The van der Waals surface area contributed by atoms with Gasteiger partial charge in [0.2, 0.25) is 5.91 Å². The Kier molecular flexibility index (Phi) is 9.38. The van der Waals surface area contributed by atoms with E-state index < -0.39 is 0 Å². The maximum Gasteiger partial charge on any atom is 0.272 e. The summed E-state index contributed by atoms with van der Waals surface area (Å²) in [6, 6.07) is 9.79. The minimum absolute atomic E-state index is 0.0843. The number of likely N-dealkylation sites (N-methyl/N-ethyl adjacent to an activating group) is 1. The first kappa shape index (κ1) is 27.1. The maximum absolute atomic E-state index is 13.4. The Morgan fingerprint density at radius 3 is 2.61 bits per heavy atom. The highest BCUT2D eigenvalue weighted by Crippen LogP contribution is 2.26. The molecular formula is C26H34N4O6. The monoisotopic (exact) mass is 498 g/mol. The number of amides is 3. The Morgan fingerprint density at radius 2 is 1.94 bits per heavy atom. The van der Waals surface area contributed by atoms with Gasteiger partial charge in [0, 0.05) is 52.2 Å². The molecule has 3 atom stereocenters. The second-order valence-electron chi connectivity index (χ2n) is 8.96. The lowest BCUT2D eigenvalue weighted by Crippen LogP contribution is -2.48. The van der Waals surface area contributed by atoms with Crippen LogP contribution in [0.4, 0.5) is 5.69 Å². The van der Waals surface area contributed by atoms with E-state index in [2.05, 4.69) is 10.3 Å². The molecule has 0 aliphatic carbocycles. The number of carbonyl (C=O) groups is 3. The molecule has 0 bridgehead atoms. The lowest BCUT2D eigenvalue weighted by molar-refractivity contribution is -0.119. The van der Waals surface area contributed by atoms with Gasteiger partial charge in [-0.05, 0) is 37.3 Å². The number of anilines is 1. The molecule has 0 saturated heterocycles. The number of ether oxygens (including phenoxy) is 3. The van der Waals surface area contributed by atoms with Crippen molar-refractivity contribution in [2.45, 2.75) is 26.0 Å². The van der Waals surface area contributed by atoms with Crippen LogP contribution in [0.25, 0.3) is 0 Å². The van der Waals surface area contributed by atoms with Gasteiger partial charge in [-0.1, -0.05) is 13.0 Å². The summed E-state index contributed by atoms with van der Waals surface area (Å²) in [6.07, 6.45) is 1.27. The van der Waals surface area contributed by atoms with Crippen molar-refractivity contribution in [1.29, 1.82) is 0 Å². The van der Waals surface area contributed by atoms with Crippen molar-refractivity contribution in [3.05, 3.63) is 53.9 Å². The Bertz CT molecular complexity index is 1060. The third-order valence-electron chi connectivity index (χ3n) is 6.15. The molecule has 0 unspecified atom stereocenters. The normalized spacial score (nSPS) is 21.0. The topological polar surface area (TPSA) is 110 Å². The van der Waals surface area contributed by atoms with Gasteiger partial charge in [-0.25, -0.2) is 0 Å². The smallest absolute Gasteiger partial charge is 0.272 e. The van der Waals surface area contributed by atoms with Crippen molar-refractivity contribution in [3.63, 3.8) is 0 Å². The van der Waals surface area contributed by atoms with Crippen LogP contribution in [-0.2, 0) is 14.3 Å². The first-order valence-electron chi connectivity index (χ1n) is 11.8. The van der Waals surface area contributed by atoms with Gasteiger partial charge < -0.3 is 29.3 Å². The largest absolute Gasteiger partial charge is 0.491 e. The van der Waals surface area contributed by atoms with E-state index in [1.165, 1.54) is 7.11 Å². The minimum Gasteiger partial charge on any atom is -0.491 e. The van der Waals surface area contributed by atoms with E-state index in [4.69, 9.17) is 14.2 Å². The number of carbonyl (C=O) groups excluding carboxylic acids is 3. The number of nitrogens with one attached hydrogen (secondary N) is 1. The van der Waals surface area contributed by atoms with E-state index in [-0.39, 0.29) is 49.0 Å². The van der Waals surface area contributed by atoms with Crippen LogP contribution in [0.5, 0.6) is 5.75 Å². The van der Waals surface area contributed by atoms with Gasteiger partial charge in [-0.3, -0.25) is 19.4 Å². The van der Waals surface area contributed by atoms with Crippen LogP contribution in [0, 0.1) is 5.92 Å². The maximum atomic E-state index is 13.4. The third kappa shape index (κ3) is 6.58. The number of rotatable bonds is 5. The van der Waals surface area contributed by atoms with Gasteiger partial charge in [0.15, 0.2) is 0 Å². The molecule has 194 valence electrons. The van der Waals surface area contributed by atoms with Gasteiger partial charge in [0.25, 0.3) is 11.8 Å². The van der Waals surface area contributed by atoms with Gasteiger partial charge in [0.1, 0.15) is 24.7 Å². The van der Waals surface area contributed by atoms with Crippen molar-refractivity contribution < 1.29 is 28.6 Å². The second kappa shape index (κ2) is 12.5. The summed E-state index contributed by atoms with van der Waals surface area (Å²) in [5.74, 6) is -0.531. The van der Waals surface area contributed by atoms with Crippen molar-refractivity contribution in [2.75, 3.05) is 52.9 Å². The van der Waals surface area contributed by atoms with Gasteiger partial charge in [0.05, 0.1) is 17.7 Å². The van der Waals surface area contributed by atoms with Gasteiger partial charge in [-0.2, -0.15) is 0 Å². The van der Waals surface area contributed by atoms with E-state index >= 15 is 0 Å². The second-order valence-corrected chi connectivity index (χ2v) is 8.96. The Balaban J connectivity index is 1.96. The van der Waals surface area contributed by atoms with Crippen LogP contribution < -0.4 is 10.1 Å². The zero-order chi connectivity index (χ0) is 26.2. The summed E-state index contributed by atoms with van der Waals surface area (Å²) in [7, 11) is 4.72. The van der Waals surface area contributed by atoms with Crippen molar-refractivity contribution >= 4 is 23.4 Å². The molecule has 0 spiro atoms. The lowest BCUT2D eigenvalue weighted by Gasteiger charge is -2.36. The number of pyridine rings is 1. The number of hydrogen-bond donors (Lipinski definition) is 1. The molecule has 10 heteroatoms. The molecule has 0 saturated carbocycles. The Hall–Kier alpha value is -3.50. The summed E-state index contributed by atoms with van der Waals surface area (Å²) < 4.78 is 16.7. The summed E-state index contributed by atoms with van der Waals surface area (Å²) in [4.78, 5) is 46.3. The zero-order valence-electron chi connectivity index (χ0n) is 21.4. The predicted octanol–water partition coefficient (Wildman–Crippen LogP) is 2.31. The van der Waals surface area contributed by atoms with E-state index in [0.717, 1.165) is 0 Å². The van der Waals surface area contributed by atoms with E-state index in [1.54, 1.807) is 66.6 Å². The zero-order valence-corrected chi connectivity index (χ0v) is 21.4. The fraction of sp³-hybridized carbons (Fsp3) is 0.462. The molecule has 36 heavy (non-hydrogen) atoms. The number of fused-ring (bicyclic) bond motifs is 1. The molecule has 10 nitrogen and oxygen atoms in total. The summed E-state index contributed by atoms with van der Waals surface area (Å²) >= 11 is 0. The molecule has 0 fully saturated rings. The molecule has 1 aliphatic rings. The molecule has 0 radical (unpaired) electrons. The number of aromatic nitrogens is 1. The third-order valence-corrected chi connectivity index (χ3v) is 6.15. The van der Waals surface area contributed by atoms with Crippen molar-refractivity contribution in [2.24, 2.45) is 5.92 Å². The number of benzene rings is 1. The first-order valence-corrected chi connectivity index (χ1v) is 11.8. The van der Waals surface area contributed by atoms with Crippen LogP contribution in [0.15, 0.2) is 42.6 Å². The van der Waals surface area contributed by atoms with Crippen LogP contribution in [-0.4, -0.2) is 92.2 Å². The molecular weight excluding hydrogens is 464 g/mol. The standard InChI is InChI=1S/C26H34N4O6/c1-17-13-30(26(33)21-8-6-7-11-27-21)18(2)15-36-22-10-9-19(28-24(31)16-34-4)12-20(22)25(32)29(3)14-23(17)35-5/h6-12,17-18,23H,13-16H2,1-5H3,(H,28,31)/t17-,18-,23-/m1/s1. The quantitative estimate of drug-likeness (QED) is 0.674. The summed E-state index contributed by atoms with van der Waals surface area (Å²) in [5.41, 5.74) is 1.09. The van der Waals surface area contributed by atoms with Gasteiger partial charge in [-0.15, -0.1) is 0 Å². The Morgan fingerprint density at radius 1 is 1.17 bits per heavy atom. The molecule has 1 N–H and O–H groups in total. The predicted molar refractivity (Wildman–Crippen MR) is 134 cm³/mol. The number of methoxy groups -OCH3 is 2. The molecule has 3 amide bonds. The molecule has 1 aromatic heterocycles. The summed E-state index contributed by atoms with van der Waals surface area (Å²) in [5, 5.41) is 2.72. The van der Waals surface area contributed by atoms with E-state index in [0.29, 0.717) is 35.8 Å². The fourth-order valence-electron chi connectivity index (χ4n) is 4.10. The molecule has 2 aromatic rings.